The molecule has 0 aliphatic carbocycles. The molecule has 0 N–H and O–H groups in total. The van der Waals surface area contributed by atoms with E-state index in [1.54, 1.807) is 14.2 Å². The van der Waals surface area contributed by atoms with Crippen LogP contribution in [0.3, 0.4) is 0 Å². The summed E-state index contributed by atoms with van der Waals surface area (Å²) in [6, 6.07) is 0. The lowest BCUT2D eigenvalue weighted by Gasteiger charge is -2.22. The summed E-state index contributed by atoms with van der Waals surface area (Å²) in [5.41, 5.74) is 0. The summed E-state index contributed by atoms with van der Waals surface area (Å²) in [5, 5.41) is 1.11. The first kappa shape index (κ1) is 12.8. The molecule has 0 aliphatic rings. The highest BCUT2D eigenvalue weighted by Gasteiger charge is 2.12. The lowest BCUT2D eigenvalue weighted by molar-refractivity contribution is -0.0703. The molecular formula is C9H21NO2Si. The quantitative estimate of drug-likeness (QED) is 0.445. The number of hydrogen-bond donors (Lipinski definition) is 0. The Bertz CT molecular complexity index is 145. The van der Waals surface area contributed by atoms with E-state index in [2.05, 4.69) is 25.0 Å². The second-order valence-electron chi connectivity index (χ2n) is 2.92. The fourth-order valence-electron chi connectivity index (χ4n) is 1.24. The van der Waals surface area contributed by atoms with Crippen LogP contribution in [0.15, 0.2) is 11.8 Å². The molecule has 0 fully saturated rings. The SMILES string of the molecule is C=C([SiH2]N(CC)CC)C(OC)OC. The minimum Gasteiger partial charge on any atom is -0.352 e. The Labute approximate surface area is 83.6 Å². The summed E-state index contributed by atoms with van der Waals surface area (Å²) < 4.78 is 12.7. The van der Waals surface area contributed by atoms with Gasteiger partial charge < -0.3 is 14.0 Å². The molecule has 13 heavy (non-hydrogen) atoms. The van der Waals surface area contributed by atoms with E-state index in [-0.39, 0.29) is 6.29 Å². The third kappa shape index (κ3) is 4.57. The zero-order chi connectivity index (χ0) is 10.3. The minimum atomic E-state index is -0.431. The lowest BCUT2D eigenvalue weighted by Crippen LogP contribution is -2.33. The van der Waals surface area contributed by atoms with Crippen molar-refractivity contribution in [3.05, 3.63) is 11.8 Å². The highest BCUT2D eigenvalue weighted by atomic mass is 28.2. The Kier molecular flexibility index (Phi) is 7.17. The molecule has 0 aromatic carbocycles. The van der Waals surface area contributed by atoms with Gasteiger partial charge in [-0.05, 0) is 18.3 Å². The summed E-state index contributed by atoms with van der Waals surface area (Å²) in [6.45, 7) is 10.5. The van der Waals surface area contributed by atoms with Gasteiger partial charge in [0.05, 0.1) is 0 Å². The van der Waals surface area contributed by atoms with Crippen LogP contribution < -0.4 is 0 Å². The molecule has 0 saturated carbocycles. The first-order valence-corrected chi connectivity index (χ1v) is 5.99. The smallest absolute Gasteiger partial charge is 0.176 e. The van der Waals surface area contributed by atoms with Gasteiger partial charge in [0, 0.05) is 14.2 Å². The highest BCUT2D eigenvalue weighted by molar-refractivity contribution is 6.42. The van der Waals surface area contributed by atoms with Crippen molar-refractivity contribution in [3.63, 3.8) is 0 Å². The largest absolute Gasteiger partial charge is 0.352 e. The number of nitrogens with zero attached hydrogens (tertiary/aromatic N) is 1. The number of methoxy groups -OCH3 is 2. The number of ether oxygens (including phenoxy) is 2. The van der Waals surface area contributed by atoms with Crippen LogP contribution in [0.2, 0.25) is 0 Å². The van der Waals surface area contributed by atoms with Crippen LogP contribution in [0.4, 0.5) is 0 Å². The first-order valence-electron chi connectivity index (χ1n) is 4.65. The van der Waals surface area contributed by atoms with Crippen LogP contribution in [0.1, 0.15) is 13.8 Å². The average Bonchev–Trinajstić information content (AvgIpc) is 2.16. The molecule has 0 unspecified atom stereocenters. The maximum atomic E-state index is 5.14. The second kappa shape index (κ2) is 7.26. The summed E-state index contributed by atoms with van der Waals surface area (Å²) in [4.78, 5) is 0. The van der Waals surface area contributed by atoms with Gasteiger partial charge in [-0.25, -0.2) is 0 Å². The van der Waals surface area contributed by atoms with Crippen molar-refractivity contribution in [1.82, 2.24) is 4.57 Å². The molecule has 3 nitrogen and oxygen atoms in total. The van der Waals surface area contributed by atoms with Gasteiger partial charge in [0.25, 0.3) is 0 Å². The molecule has 0 saturated heterocycles. The predicted octanol–water partition coefficient (Wildman–Crippen LogP) is 0.545. The molecule has 0 aromatic rings. The van der Waals surface area contributed by atoms with E-state index >= 15 is 0 Å². The van der Waals surface area contributed by atoms with E-state index in [1.165, 1.54) is 0 Å². The van der Waals surface area contributed by atoms with Gasteiger partial charge in [-0.2, -0.15) is 0 Å². The van der Waals surface area contributed by atoms with Crippen molar-refractivity contribution in [2.24, 2.45) is 0 Å². The topological polar surface area (TPSA) is 21.7 Å². The van der Waals surface area contributed by atoms with Gasteiger partial charge >= 0.3 is 0 Å². The normalized spacial score (nSPS) is 12.2. The summed E-state index contributed by atoms with van der Waals surface area (Å²) >= 11 is 0. The molecule has 0 aliphatic heterocycles. The molecule has 0 aromatic heterocycles. The molecule has 0 bridgehead atoms. The van der Waals surface area contributed by atoms with Crippen molar-refractivity contribution in [1.29, 1.82) is 0 Å². The third-order valence-corrected chi connectivity index (χ3v) is 4.16. The zero-order valence-corrected chi connectivity index (χ0v) is 10.6. The van der Waals surface area contributed by atoms with E-state index in [9.17, 15) is 0 Å². The molecule has 0 atom stereocenters. The molecule has 0 rings (SSSR count). The molecule has 0 heterocycles. The van der Waals surface area contributed by atoms with Gasteiger partial charge in [-0.3, -0.25) is 0 Å². The molecule has 0 radical (unpaired) electrons. The van der Waals surface area contributed by atoms with Crippen molar-refractivity contribution in [2.75, 3.05) is 27.3 Å². The Balaban J connectivity index is 3.95. The highest BCUT2D eigenvalue weighted by Crippen LogP contribution is 2.04. The Morgan fingerprint density at radius 3 is 2.08 bits per heavy atom. The number of rotatable bonds is 7. The third-order valence-electron chi connectivity index (χ3n) is 2.08. The molecule has 78 valence electrons. The van der Waals surface area contributed by atoms with Gasteiger partial charge in [0.15, 0.2) is 6.29 Å². The van der Waals surface area contributed by atoms with Crippen molar-refractivity contribution in [3.8, 4) is 0 Å². The Hall–Kier alpha value is -0.163. The van der Waals surface area contributed by atoms with E-state index in [1.807, 2.05) is 0 Å². The maximum Gasteiger partial charge on any atom is 0.176 e. The minimum absolute atomic E-state index is 0.215. The summed E-state index contributed by atoms with van der Waals surface area (Å²) in [6.07, 6.45) is -0.215. The van der Waals surface area contributed by atoms with Crippen LogP contribution >= 0.6 is 0 Å². The zero-order valence-electron chi connectivity index (χ0n) is 9.17. The number of hydrogen-bond acceptors (Lipinski definition) is 3. The lowest BCUT2D eigenvalue weighted by atomic mass is 10.6. The standard InChI is InChI=1S/C9H21NO2Si/c1-6-10(7-2)13-8(3)9(11-4)12-5/h9H,3,6-7,13H2,1-2,4-5H3. The van der Waals surface area contributed by atoms with E-state index in [4.69, 9.17) is 9.47 Å². The average molecular weight is 203 g/mol. The van der Waals surface area contributed by atoms with Crippen LogP contribution in [-0.2, 0) is 9.47 Å². The fourth-order valence-corrected chi connectivity index (χ4v) is 2.74. The van der Waals surface area contributed by atoms with Crippen LogP contribution in [0.25, 0.3) is 0 Å². The van der Waals surface area contributed by atoms with E-state index in [0.717, 1.165) is 18.3 Å². The molecular weight excluding hydrogens is 182 g/mol. The van der Waals surface area contributed by atoms with E-state index < -0.39 is 9.68 Å². The van der Waals surface area contributed by atoms with Gasteiger partial charge in [0.2, 0.25) is 0 Å². The van der Waals surface area contributed by atoms with Crippen LogP contribution in [-0.4, -0.2) is 47.8 Å². The Morgan fingerprint density at radius 1 is 1.31 bits per heavy atom. The summed E-state index contributed by atoms with van der Waals surface area (Å²) in [5.74, 6) is 0. The summed E-state index contributed by atoms with van der Waals surface area (Å²) in [7, 11) is 2.87. The monoisotopic (exact) mass is 203 g/mol. The second-order valence-corrected chi connectivity index (χ2v) is 5.04. The van der Waals surface area contributed by atoms with Crippen molar-refractivity contribution in [2.45, 2.75) is 20.1 Å². The molecule has 0 amide bonds. The van der Waals surface area contributed by atoms with Gasteiger partial charge in [-0.15, -0.1) is 0 Å². The Morgan fingerprint density at radius 2 is 1.77 bits per heavy atom. The van der Waals surface area contributed by atoms with Gasteiger partial charge in [-0.1, -0.05) is 20.4 Å². The van der Waals surface area contributed by atoms with Crippen LogP contribution in [0.5, 0.6) is 0 Å². The van der Waals surface area contributed by atoms with Crippen molar-refractivity contribution < 1.29 is 9.47 Å². The maximum absolute atomic E-state index is 5.14. The fraction of sp³-hybridized carbons (Fsp3) is 0.778. The van der Waals surface area contributed by atoms with Gasteiger partial charge in [0.1, 0.15) is 9.68 Å². The molecule has 0 spiro atoms. The first-order chi connectivity index (χ1) is 6.19. The van der Waals surface area contributed by atoms with E-state index in [0.29, 0.717) is 0 Å². The van der Waals surface area contributed by atoms with Crippen LogP contribution in [0, 0.1) is 0 Å². The predicted molar refractivity (Wildman–Crippen MR) is 58.4 cm³/mol. The van der Waals surface area contributed by atoms with Crippen molar-refractivity contribution >= 4 is 9.68 Å². The molecule has 4 heteroatoms.